The van der Waals surface area contributed by atoms with Gasteiger partial charge in [-0.15, -0.1) is 0 Å². The molecule has 0 radical (unpaired) electrons. The number of sulfone groups is 1. The second-order valence-corrected chi connectivity index (χ2v) is 9.20. The number of thiocarbonyl (C=S) groups is 1. The lowest BCUT2D eigenvalue weighted by Crippen LogP contribution is -2.27. The van der Waals surface area contributed by atoms with Crippen LogP contribution in [0.4, 0.5) is 0 Å². The third-order valence-electron chi connectivity index (χ3n) is 2.61. The van der Waals surface area contributed by atoms with Crippen LogP contribution in [0.15, 0.2) is 24.3 Å². The summed E-state index contributed by atoms with van der Waals surface area (Å²) in [6.45, 7) is 0.0976. The van der Waals surface area contributed by atoms with Crippen LogP contribution in [0.25, 0.3) is 0 Å². The molecular formula is C12H18N2O4S3. The van der Waals surface area contributed by atoms with E-state index in [4.69, 9.17) is 18.0 Å². The second kappa shape index (κ2) is 7.30. The Hall–Kier alpha value is -1.03. The van der Waals surface area contributed by atoms with Gasteiger partial charge in [0.25, 0.3) is 0 Å². The first-order valence-corrected chi connectivity index (χ1v) is 10.2. The zero-order valence-electron chi connectivity index (χ0n) is 11.6. The molecule has 6 nitrogen and oxygen atoms in total. The van der Waals surface area contributed by atoms with Crippen molar-refractivity contribution in [2.45, 2.75) is 12.2 Å². The van der Waals surface area contributed by atoms with Crippen molar-refractivity contribution in [3.8, 4) is 0 Å². The molecule has 0 spiro atoms. The van der Waals surface area contributed by atoms with Crippen LogP contribution >= 0.6 is 12.2 Å². The molecule has 0 saturated heterocycles. The molecule has 1 rings (SSSR count). The van der Waals surface area contributed by atoms with Gasteiger partial charge in [-0.05, 0) is 12.0 Å². The summed E-state index contributed by atoms with van der Waals surface area (Å²) in [5.41, 5.74) is 6.73. The normalized spacial score (nSPS) is 12.2. The van der Waals surface area contributed by atoms with Crippen LogP contribution in [0.2, 0.25) is 0 Å². The van der Waals surface area contributed by atoms with Gasteiger partial charge in [0, 0.05) is 18.4 Å². The van der Waals surface area contributed by atoms with Crippen molar-refractivity contribution in [3.63, 3.8) is 0 Å². The first-order chi connectivity index (χ1) is 9.59. The number of hydrogen-bond donors (Lipinski definition) is 2. The van der Waals surface area contributed by atoms with E-state index in [2.05, 4.69) is 4.72 Å². The average molecular weight is 350 g/mol. The zero-order chi connectivity index (χ0) is 16.1. The predicted molar refractivity (Wildman–Crippen MR) is 87.3 cm³/mol. The maximum atomic E-state index is 11.8. The molecule has 0 aromatic heterocycles. The molecule has 118 valence electrons. The molecule has 1 aromatic rings. The highest BCUT2D eigenvalue weighted by Crippen LogP contribution is 2.08. The Morgan fingerprint density at radius 2 is 1.76 bits per heavy atom. The van der Waals surface area contributed by atoms with E-state index in [0.29, 0.717) is 11.1 Å². The maximum absolute atomic E-state index is 11.8. The highest BCUT2D eigenvalue weighted by Gasteiger charge is 2.12. The molecular weight excluding hydrogens is 332 g/mol. The van der Waals surface area contributed by atoms with Gasteiger partial charge in [0.05, 0.1) is 11.5 Å². The van der Waals surface area contributed by atoms with E-state index < -0.39 is 19.9 Å². The minimum absolute atomic E-state index is 0.0435. The van der Waals surface area contributed by atoms with E-state index in [1.807, 2.05) is 0 Å². The third kappa shape index (κ3) is 7.51. The Bertz CT molecular complexity index is 695. The quantitative estimate of drug-likeness (QED) is 0.511. The van der Waals surface area contributed by atoms with Crippen molar-refractivity contribution in [1.29, 1.82) is 0 Å². The lowest BCUT2D eigenvalue weighted by Gasteiger charge is -2.07. The van der Waals surface area contributed by atoms with E-state index in [1.54, 1.807) is 24.3 Å². The number of nitrogens with two attached hydrogens (primary N) is 1. The fraction of sp³-hybridized carbons (Fsp3) is 0.417. The average Bonchev–Trinajstić information content (AvgIpc) is 2.34. The van der Waals surface area contributed by atoms with E-state index in [0.717, 1.165) is 6.26 Å². The molecule has 1 aromatic carbocycles. The summed E-state index contributed by atoms with van der Waals surface area (Å²) < 4.78 is 47.9. The monoisotopic (exact) mass is 350 g/mol. The third-order valence-corrected chi connectivity index (χ3v) is 5.23. The van der Waals surface area contributed by atoms with Gasteiger partial charge in [-0.25, -0.2) is 21.6 Å². The molecule has 0 amide bonds. The Labute approximate surface area is 130 Å². The van der Waals surface area contributed by atoms with Crippen molar-refractivity contribution < 1.29 is 16.8 Å². The van der Waals surface area contributed by atoms with Gasteiger partial charge in [0.2, 0.25) is 10.0 Å². The van der Waals surface area contributed by atoms with Crippen LogP contribution < -0.4 is 10.5 Å². The van der Waals surface area contributed by atoms with Gasteiger partial charge in [-0.1, -0.05) is 36.5 Å². The first kappa shape index (κ1) is 18.0. The fourth-order valence-electron chi connectivity index (χ4n) is 1.60. The summed E-state index contributed by atoms with van der Waals surface area (Å²) in [6, 6.07) is 6.61. The SMILES string of the molecule is CS(=O)(=O)CCCNS(=O)(=O)Cc1ccc(C(N)=S)cc1. The summed E-state index contributed by atoms with van der Waals surface area (Å²) in [6.07, 6.45) is 1.36. The van der Waals surface area contributed by atoms with Gasteiger partial charge in [-0.2, -0.15) is 0 Å². The van der Waals surface area contributed by atoms with Gasteiger partial charge in [-0.3, -0.25) is 0 Å². The highest BCUT2D eigenvalue weighted by molar-refractivity contribution is 7.90. The van der Waals surface area contributed by atoms with Crippen molar-refractivity contribution in [3.05, 3.63) is 35.4 Å². The van der Waals surface area contributed by atoms with Crippen LogP contribution in [-0.4, -0.2) is 40.4 Å². The highest BCUT2D eigenvalue weighted by atomic mass is 32.2. The zero-order valence-corrected chi connectivity index (χ0v) is 14.0. The molecule has 0 aliphatic rings. The summed E-state index contributed by atoms with van der Waals surface area (Å²) >= 11 is 4.81. The van der Waals surface area contributed by atoms with E-state index in [1.165, 1.54) is 0 Å². The second-order valence-electron chi connectivity index (χ2n) is 4.70. The first-order valence-electron chi connectivity index (χ1n) is 6.13. The molecule has 21 heavy (non-hydrogen) atoms. The number of benzene rings is 1. The van der Waals surface area contributed by atoms with Crippen LogP contribution in [0.5, 0.6) is 0 Å². The molecule has 0 saturated carbocycles. The molecule has 9 heteroatoms. The number of rotatable bonds is 8. The fourth-order valence-corrected chi connectivity index (χ4v) is 3.59. The Morgan fingerprint density at radius 3 is 2.24 bits per heavy atom. The molecule has 0 heterocycles. The summed E-state index contributed by atoms with van der Waals surface area (Å²) in [4.78, 5) is 0.253. The predicted octanol–water partition coefficient (Wildman–Crippen LogP) is 0.175. The van der Waals surface area contributed by atoms with Crippen LogP contribution in [0.1, 0.15) is 17.5 Å². The maximum Gasteiger partial charge on any atom is 0.215 e. The largest absolute Gasteiger partial charge is 0.389 e. The van der Waals surface area contributed by atoms with Crippen molar-refractivity contribution in [2.75, 3.05) is 18.6 Å². The lowest BCUT2D eigenvalue weighted by molar-refractivity contribution is 0.576. The smallest absolute Gasteiger partial charge is 0.215 e. The molecule has 0 bridgehead atoms. The number of sulfonamides is 1. The van der Waals surface area contributed by atoms with Crippen LogP contribution in [0.3, 0.4) is 0 Å². The minimum Gasteiger partial charge on any atom is -0.389 e. The molecule has 0 aliphatic heterocycles. The van der Waals surface area contributed by atoms with E-state index >= 15 is 0 Å². The van der Waals surface area contributed by atoms with E-state index in [-0.39, 0.29) is 29.5 Å². The van der Waals surface area contributed by atoms with Gasteiger partial charge in [0.15, 0.2) is 0 Å². The Morgan fingerprint density at radius 1 is 1.19 bits per heavy atom. The summed E-state index contributed by atoms with van der Waals surface area (Å²) in [7, 11) is -6.57. The van der Waals surface area contributed by atoms with Crippen molar-refractivity contribution >= 4 is 37.1 Å². The molecule has 0 aliphatic carbocycles. The molecule has 0 atom stereocenters. The van der Waals surface area contributed by atoms with Crippen LogP contribution in [0, 0.1) is 0 Å². The van der Waals surface area contributed by atoms with Crippen molar-refractivity contribution in [1.82, 2.24) is 4.72 Å². The topological polar surface area (TPSA) is 106 Å². The van der Waals surface area contributed by atoms with Gasteiger partial charge >= 0.3 is 0 Å². The number of hydrogen-bond acceptors (Lipinski definition) is 5. The standard InChI is InChI=1S/C12H18N2O4S3/c1-20(15,16)8-2-7-14-21(17,18)9-10-3-5-11(6-4-10)12(13)19/h3-6,14H,2,7-9H2,1H3,(H2,13,19). The Balaban J connectivity index is 2.54. The lowest BCUT2D eigenvalue weighted by atomic mass is 10.1. The minimum atomic E-state index is -3.49. The molecule has 0 unspecified atom stereocenters. The molecule has 0 fully saturated rings. The molecule has 3 N–H and O–H groups in total. The number of nitrogens with one attached hydrogen (secondary N) is 1. The van der Waals surface area contributed by atoms with Gasteiger partial charge < -0.3 is 5.73 Å². The van der Waals surface area contributed by atoms with Crippen molar-refractivity contribution in [2.24, 2.45) is 5.73 Å². The summed E-state index contributed by atoms with van der Waals surface area (Å²) in [5.74, 6) is -0.221. The summed E-state index contributed by atoms with van der Waals surface area (Å²) in [5, 5.41) is 0. The van der Waals surface area contributed by atoms with Crippen LogP contribution in [-0.2, 0) is 25.6 Å². The van der Waals surface area contributed by atoms with Gasteiger partial charge in [0.1, 0.15) is 14.8 Å². The van der Waals surface area contributed by atoms with E-state index in [9.17, 15) is 16.8 Å². The Kier molecular flexibility index (Phi) is 6.26.